The van der Waals surface area contributed by atoms with E-state index in [0.717, 1.165) is 37.3 Å². The Balaban J connectivity index is 2.18. The second-order valence-corrected chi connectivity index (χ2v) is 5.62. The highest BCUT2D eigenvalue weighted by atomic mass is 16.4. The van der Waals surface area contributed by atoms with Crippen LogP contribution >= 0.6 is 0 Å². The number of hydrogen-bond donors (Lipinski definition) is 1. The molecule has 2 unspecified atom stereocenters. The van der Waals surface area contributed by atoms with Crippen molar-refractivity contribution in [1.29, 1.82) is 0 Å². The van der Waals surface area contributed by atoms with Crippen LogP contribution in [0.4, 0.5) is 0 Å². The van der Waals surface area contributed by atoms with E-state index in [2.05, 4.69) is 23.6 Å². The summed E-state index contributed by atoms with van der Waals surface area (Å²) >= 11 is 0. The van der Waals surface area contributed by atoms with Crippen LogP contribution in [0.2, 0.25) is 0 Å². The highest BCUT2D eigenvalue weighted by Crippen LogP contribution is 2.24. The molecule has 0 amide bonds. The van der Waals surface area contributed by atoms with E-state index in [1.54, 1.807) is 0 Å². The molecule has 0 bridgehead atoms. The van der Waals surface area contributed by atoms with E-state index in [4.69, 9.17) is 0 Å². The first-order valence-corrected chi connectivity index (χ1v) is 7.30. The summed E-state index contributed by atoms with van der Waals surface area (Å²) in [4.78, 5) is 16.2. The SMILES string of the molecule is CCN1CCN(C(C(=O)O)c2ccc(C)cc2)CC1C. The Bertz CT molecular complexity index is 458. The topological polar surface area (TPSA) is 43.8 Å². The van der Waals surface area contributed by atoms with Gasteiger partial charge in [0.25, 0.3) is 0 Å². The van der Waals surface area contributed by atoms with Crippen molar-refractivity contribution in [2.24, 2.45) is 0 Å². The Labute approximate surface area is 121 Å². The van der Waals surface area contributed by atoms with Crippen LogP contribution < -0.4 is 0 Å². The molecule has 0 aliphatic carbocycles. The number of aryl methyl sites for hydroxylation is 1. The smallest absolute Gasteiger partial charge is 0.325 e. The maximum atomic E-state index is 11.7. The van der Waals surface area contributed by atoms with Gasteiger partial charge in [-0.25, -0.2) is 0 Å². The van der Waals surface area contributed by atoms with Crippen LogP contribution in [0.15, 0.2) is 24.3 Å². The first-order valence-electron chi connectivity index (χ1n) is 7.30. The molecule has 2 atom stereocenters. The first kappa shape index (κ1) is 15.0. The molecule has 0 saturated carbocycles. The first-order chi connectivity index (χ1) is 9.52. The van der Waals surface area contributed by atoms with Gasteiger partial charge in [0, 0.05) is 25.7 Å². The van der Waals surface area contributed by atoms with Gasteiger partial charge >= 0.3 is 5.97 Å². The number of rotatable bonds is 4. The minimum atomic E-state index is -0.758. The van der Waals surface area contributed by atoms with Gasteiger partial charge in [-0.1, -0.05) is 36.8 Å². The molecule has 1 heterocycles. The van der Waals surface area contributed by atoms with Crippen LogP contribution in [-0.2, 0) is 4.79 Å². The number of hydrogen-bond acceptors (Lipinski definition) is 3. The van der Waals surface area contributed by atoms with Gasteiger partial charge in [-0.3, -0.25) is 14.6 Å². The minimum absolute atomic E-state index is 0.404. The fourth-order valence-electron chi connectivity index (χ4n) is 2.99. The number of piperazine rings is 1. The van der Waals surface area contributed by atoms with E-state index in [1.165, 1.54) is 0 Å². The van der Waals surface area contributed by atoms with Gasteiger partial charge < -0.3 is 5.11 Å². The van der Waals surface area contributed by atoms with Crippen molar-refractivity contribution in [3.05, 3.63) is 35.4 Å². The number of nitrogens with zero attached hydrogens (tertiary/aromatic N) is 2. The molecule has 1 saturated heterocycles. The largest absolute Gasteiger partial charge is 0.480 e. The fraction of sp³-hybridized carbons (Fsp3) is 0.562. The lowest BCUT2D eigenvalue weighted by molar-refractivity contribution is -0.144. The van der Waals surface area contributed by atoms with Crippen molar-refractivity contribution in [3.63, 3.8) is 0 Å². The van der Waals surface area contributed by atoms with Crippen LogP contribution in [0, 0.1) is 6.92 Å². The molecule has 1 fully saturated rings. The van der Waals surface area contributed by atoms with Gasteiger partial charge in [-0.05, 0) is 26.0 Å². The summed E-state index contributed by atoms with van der Waals surface area (Å²) in [6.07, 6.45) is 0. The van der Waals surface area contributed by atoms with E-state index < -0.39 is 12.0 Å². The molecule has 4 nitrogen and oxygen atoms in total. The van der Waals surface area contributed by atoms with Crippen molar-refractivity contribution in [3.8, 4) is 0 Å². The summed E-state index contributed by atoms with van der Waals surface area (Å²) in [5.74, 6) is -0.758. The van der Waals surface area contributed by atoms with Crippen molar-refractivity contribution < 1.29 is 9.90 Å². The molecule has 1 aromatic rings. The van der Waals surface area contributed by atoms with E-state index in [1.807, 2.05) is 31.2 Å². The molecule has 0 spiro atoms. The third kappa shape index (κ3) is 3.19. The molecule has 1 aliphatic rings. The number of carboxylic acid groups (broad SMARTS) is 1. The third-order valence-corrected chi connectivity index (χ3v) is 4.19. The van der Waals surface area contributed by atoms with Crippen LogP contribution in [0.25, 0.3) is 0 Å². The van der Waals surface area contributed by atoms with Gasteiger partial charge in [-0.2, -0.15) is 0 Å². The lowest BCUT2D eigenvalue weighted by Gasteiger charge is -2.41. The van der Waals surface area contributed by atoms with Gasteiger partial charge in [0.05, 0.1) is 0 Å². The second-order valence-electron chi connectivity index (χ2n) is 5.62. The third-order valence-electron chi connectivity index (χ3n) is 4.19. The van der Waals surface area contributed by atoms with Gasteiger partial charge in [0.2, 0.25) is 0 Å². The van der Waals surface area contributed by atoms with Crippen LogP contribution in [0.3, 0.4) is 0 Å². The van der Waals surface area contributed by atoms with Crippen molar-refractivity contribution in [2.75, 3.05) is 26.2 Å². The lowest BCUT2D eigenvalue weighted by Crippen LogP contribution is -2.53. The van der Waals surface area contributed by atoms with Gasteiger partial charge in [0.15, 0.2) is 0 Å². The average Bonchev–Trinajstić information content (AvgIpc) is 2.41. The molecular formula is C16H24N2O2. The zero-order chi connectivity index (χ0) is 14.7. The Kier molecular flexibility index (Phi) is 4.78. The standard InChI is InChI=1S/C16H24N2O2/c1-4-17-9-10-18(11-13(17)3)15(16(19)20)14-7-5-12(2)6-8-14/h5-8,13,15H,4,9-11H2,1-3H3,(H,19,20). The fourth-order valence-corrected chi connectivity index (χ4v) is 2.99. The maximum absolute atomic E-state index is 11.7. The monoisotopic (exact) mass is 276 g/mol. The van der Waals surface area contributed by atoms with Gasteiger partial charge in [0.1, 0.15) is 6.04 Å². The summed E-state index contributed by atoms with van der Waals surface area (Å²) in [5, 5.41) is 9.60. The molecule has 1 aromatic carbocycles. The van der Waals surface area contributed by atoms with Crippen LogP contribution in [0.5, 0.6) is 0 Å². The molecule has 1 N–H and O–H groups in total. The number of benzene rings is 1. The van der Waals surface area contributed by atoms with E-state index in [9.17, 15) is 9.90 Å². The summed E-state index contributed by atoms with van der Waals surface area (Å²) < 4.78 is 0. The quantitative estimate of drug-likeness (QED) is 0.915. The zero-order valence-corrected chi connectivity index (χ0v) is 12.5. The highest BCUT2D eigenvalue weighted by Gasteiger charge is 2.32. The van der Waals surface area contributed by atoms with Crippen molar-refractivity contribution in [1.82, 2.24) is 9.80 Å². The molecule has 4 heteroatoms. The Morgan fingerprint density at radius 3 is 2.50 bits per heavy atom. The van der Waals surface area contributed by atoms with Gasteiger partial charge in [-0.15, -0.1) is 0 Å². The molecule has 20 heavy (non-hydrogen) atoms. The average molecular weight is 276 g/mol. The van der Waals surface area contributed by atoms with E-state index in [-0.39, 0.29) is 0 Å². The zero-order valence-electron chi connectivity index (χ0n) is 12.5. The summed E-state index contributed by atoms with van der Waals surface area (Å²) in [7, 11) is 0. The summed E-state index contributed by atoms with van der Waals surface area (Å²) in [5.41, 5.74) is 2.03. The molecule has 1 aliphatic heterocycles. The highest BCUT2D eigenvalue weighted by molar-refractivity contribution is 5.75. The maximum Gasteiger partial charge on any atom is 0.325 e. The minimum Gasteiger partial charge on any atom is -0.480 e. The van der Waals surface area contributed by atoms with E-state index >= 15 is 0 Å². The van der Waals surface area contributed by atoms with Crippen LogP contribution in [-0.4, -0.2) is 53.1 Å². The predicted molar refractivity (Wildman–Crippen MR) is 79.8 cm³/mol. The number of aliphatic carboxylic acids is 1. The molecular weight excluding hydrogens is 252 g/mol. The Morgan fingerprint density at radius 1 is 1.35 bits per heavy atom. The van der Waals surface area contributed by atoms with Crippen LogP contribution in [0.1, 0.15) is 31.0 Å². The van der Waals surface area contributed by atoms with E-state index in [0.29, 0.717) is 6.04 Å². The predicted octanol–water partition coefficient (Wildman–Crippen LogP) is 2.15. The molecule has 110 valence electrons. The van der Waals surface area contributed by atoms with Crippen molar-refractivity contribution >= 4 is 5.97 Å². The number of carboxylic acids is 1. The summed E-state index contributed by atoms with van der Waals surface area (Å²) in [6, 6.07) is 7.71. The number of carbonyl (C=O) groups is 1. The Morgan fingerprint density at radius 2 is 2.00 bits per heavy atom. The molecule has 0 radical (unpaired) electrons. The molecule has 0 aromatic heterocycles. The van der Waals surface area contributed by atoms with Crippen molar-refractivity contribution in [2.45, 2.75) is 32.9 Å². The summed E-state index contributed by atoms with van der Waals surface area (Å²) in [6.45, 7) is 9.92. The lowest BCUT2D eigenvalue weighted by atomic mass is 10.0. The Hall–Kier alpha value is -1.39. The number of likely N-dealkylation sites (N-methyl/N-ethyl adjacent to an activating group) is 1. The normalized spacial score (nSPS) is 22.6. The second kappa shape index (κ2) is 6.37. The molecule has 2 rings (SSSR count).